The Morgan fingerprint density at radius 2 is 1.88 bits per heavy atom. The average molecular weight is 240 g/mol. The summed E-state index contributed by atoms with van der Waals surface area (Å²) >= 11 is 0. The lowest BCUT2D eigenvalue weighted by molar-refractivity contribution is -0.0221. The van der Waals surface area contributed by atoms with E-state index in [9.17, 15) is 5.11 Å². The molecule has 2 heteroatoms. The van der Waals surface area contributed by atoms with Crippen molar-refractivity contribution in [1.82, 2.24) is 0 Å². The molecule has 0 radical (unpaired) electrons. The summed E-state index contributed by atoms with van der Waals surface area (Å²) in [5.41, 5.74) is 0.336. The van der Waals surface area contributed by atoms with E-state index in [1.807, 2.05) is 0 Å². The number of rotatable bonds is 3. The standard InChI is InChI=1S/C15H28O2/c1-15(2)8-4-3-5-13(15)14(16)11-12-6-9-17-10-7-12/h12-14,16H,3-11H2,1-2H3. The molecular weight excluding hydrogens is 212 g/mol. The molecule has 17 heavy (non-hydrogen) atoms. The van der Waals surface area contributed by atoms with Gasteiger partial charge in [-0.25, -0.2) is 0 Å². The first-order chi connectivity index (χ1) is 8.09. The monoisotopic (exact) mass is 240 g/mol. The van der Waals surface area contributed by atoms with Gasteiger partial charge >= 0.3 is 0 Å². The van der Waals surface area contributed by atoms with E-state index in [-0.39, 0.29) is 6.10 Å². The maximum absolute atomic E-state index is 10.5. The molecule has 2 rings (SSSR count). The SMILES string of the molecule is CC1(C)CCCCC1C(O)CC1CCOCC1. The van der Waals surface area contributed by atoms with Crippen molar-refractivity contribution in [3.05, 3.63) is 0 Å². The van der Waals surface area contributed by atoms with Gasteiger partial charge in [0.15, 0.2) is 0 Å². The molecule has 1 aliphatic heterocycles. The molecule has 2 nitrogen and oxygen atoms in total. The normalized spacial score (nSPS) is 32.3. The highest BCUT2D eigenvalue weighted by Crippen LogP contribution is 2.43. The first-order valence-electron chi connectivity index (χ1n) is 7.35. The summed E-state index contributed by atoms with van der Waals surface area (Å²) < 4.78 is 5.39. The minimum Gasteiger partial charge on any atom is -0.393 e. The Hall–Kier alpha value is -0.0800. The number of aliphatic hydroxyl groups excluding tert-OH is 1. The maximum atomic E-state index is 10.5. The molecule has 100 valence electrons. The minimum atomic E-state index is -0.0894. The van der Waals surface area contributed by atoms with Gasteiger partial charge in [0.1, 0.15) is 0 Å². The molecule has 0 aromatic carbocycles. The van der Waals surface area contributed by atoms with Crippen LogP contribution in [0, 0.1) is 17.3 Å². The van der Waals surface area contributed by atoms with Crippen molar-refractivity contribution in [1.29, 1.82) is 0 Å². The molecule has 2 fully saturated rings. The van der Waals surface area contributed by atoms with Gasteiger partial charge in [-0.15, -0.1) is 0 Å². The smallest absolute Gasteiger partial charge is 0.0576 e. The fourth-order valence-corrected chi connectivity index (χ4v) is 3.72. The molecule has 1 saturated carbocycles. The zero-order valence-electron chi connectivity index (χ0n) is 11.5. The van der Waals surface area contributed by atoms with E-state index in [1.54, 1.807) is 0 Å². The fraction of sp³-hybridized carbons (Fsp3) is 1.00. The van der Waals surface area contributed by atoms with Gasteiger partial charge in [-0.3, -0.25) is 0 Å². The average Bonchev–Trinajstić information content (AvgIpc) is 2.29. The van der Waals surface area contributed by atoms with E-state index in [0.717, 1.165) is 32.5 Å². The van der Waals surface area contributed by atoms with E-state index in [4.69, 9.17) is 4.74 Å². The second-order valence-electron chi connectivity index (χ2n) is 6.70. The second-order valence-corrected chi connectivity index (χ2v) is 6.70. The van der Waals surface area contributed by atoms with Crippen LogP contribution in [0.4, 0.5) is 0 Å². The summed E-state index contributed by atoms with van der Waals surface area (Å²) in [5.74, 6) is 1.20. The third-order valence-electron chi connectivity index (χ3n) is 4.97. The Morgan fingerprint density at radius 1 is 1.18 bits per heavy atom. The van der Waals surface area contributed by atoms with Crippen molar-refractivity contribution >= 4 is 0 Å². The molecule has 2 atom stereocenters. The number of hydrogen-bond acceptors (Lipinski definition) is 2. The summed E-state index contributed by atoms with van der Waals surface area (Å²) in [6, 6.07) is 0. The zero-order valence-corrected chi connectivity index (χ0v) is 11.5. The van der Waals surface area contributed by atoms with Crippen LogP contribution in [-0.2, 0) is 4.74 Å². The van der Waals surface area contributed by atoms with E-state index in [1.165, 1.54) is 25.7 Å². The van der Waals surface area contributed by atoms with Gasteiger partial charge in [-0.2, -0.15) is 0 Å². The third kappa shape index (κ3) is 3.45. The topological polar surface area (TPSA) is 29.5 Å². The van der Waals surface area contributed by atoms with Gasteiger partial charge in [0, 0.05) is 13.2 Å². The molecular formula is C15H28O2. The molecule has 2 unspecified atom stereocenters. The Labute approximate surface area is 106 Å². The molecule has 1 N–H and O–H groups in total. The number of aliphatic hydroxyl groups is 1. The number of hydrogen-bond donors (Lipinski definition) is 1. The van der Waals surface area contributed by atoms with Crippen LogP contribution in [0.2, 0.25) is 0 Å². The van der Waals surface area contributed by atoms with Crippen LogP contribution in [0.25, 0.3) is 0 Å². The Morgan fingerprint density at radius 3 is 2.53 bits per heavy atom. The Bertz CT molecular complexity index is 231. The minimum absolute atomic E-state index is 0.0894. The van der Waals surface area contributed by atoms with Crippen molar-refractivity contribution in [2.45, 2.75) is 64.9 Å². The van der Waals surface area contributed by atoms with Crippen molar-refractivity contribution in [3.8, 4) is 0 Å². The largest absolute Gasteiger partial charge is 0.393 e. The molecule has 1 saturated heterocycles. The molecule has 1 aliphatic carbocycles. The second kappa shape index (κ2) is 5.71. The molecule has 2 aliphatic rings. The van der Waals surface area contributed by atoms with Crippen molar-refractivity contribution < 1.29 is 9.84 Å². The number of ether oxygens (including phenoxy) is 1. The summed E-state index contributed by atoms with van der Waals surface area (Å²) in [7, 11) is 0. The van der Waals surface area contributed by atoms with Crippen LogP contribution in [0.15, 0.2) is 0 Å². The fourth-order valence-electron chi connectivity index (χ4n) is 3.72. The Balaban J connectivity index is 1.87. The third-order valence-corrected chi connectivity index (χ3v) is 4.97. The Kier molecular flexibility index (Phi) is 4.48. The molecule has 0 aromatic heterocycles. The van der Waals surface area contributed by atoms with Gasteiger partial charge in [0.2, 0.25) is 0 Å². The summed E-state index contributed by atoms with van der Waals surface area (Å²) in [4.78, 5) is 0. The van der Waals surface area contributed by atoms with Gasteiger partial charge in [-0.1, -0.05) is 26.7 Å². The summed E-state index contributed by atoms with van der Waals surface area (Å²) in [6.07, 6.45) is 8.34. The molecule has 0 bridgehead atoms. The van der Waals surface area contributed by atoms with Gasteiger partial charge in [0.05, 0.1) is 6.10 Å². The van der Waals surface area contributed by atoms with Gasteiger partial charge in [-0.05, 0) is 49.4 Å². The summed E-state index contributed by atoms with van der Waals surface area (Å²) in [6.45, 7) is 6.46. The van der Waals surface area contributed by atoms with E-state index in [0.29, 0.717) is 17.3 Å². The highest BCUT2D eigenvalue weighted by molar-refractivity contribution is 4.88. The highest BCUT2D eigenvalue weighted by atomic mass is 16.5. The van der Waals surface area contributed by atoms with Crippen molar-refractivity contribution in [2.24, 2.45) is 17.3 Å². The van der Waals surface area contributed by atoms with Gasteiger partial charge in [0.25, 0.3) is 0 Å². The van der Waals surface area contributed by atoms with E-state index >= 15 is 0 Å². The lowest BCUT2D eigenvalue weighted by Crippen LogP contribution is -2.38. The van der Waals surface area contributed by atoms with Crippen LogP contribution in [-0.4, -0.2) is 24.4 Å². The van der Waals surface area contributed by atoms with Gasteiger partial charge < -0.3 is 9.84 Å². The molecule has 1 heterocycles. The molecule has 0 spiro atoms. The van der Waals surface area contributed by atoms with Crippen LogP contribution >= 0.6 is 0 Å². The van der Waals surface area contributed by atoms with Crippen LogP contribution in [0.5, 0.6) is 0 Å². The molecule has 0 amide bonds. The predicted molar refractivity (Wildman–Crippen MR) is 69.9 cm³/mol. The summed E-state index contributed by atoms with van der Waals surface area (Å²) in [5, 5.41) is 10.5. The lowest BCUT2D eigenvalue weighted by Gasteiger charge is -2.42. The van der Waals surface area contributed by atoms with Crippen LogP contribution in [0.1, 0.15) is 58.8 Å². The highest BCUT2D eigenvalue weighted by Gasteiger charge is 2.37. The first kappa shape index (κ1) is 13.4. The maximum Gasteiger partial charge on any atom is 0.0576 e. The van der Waals surface area contributed by atoms with Crippen LogP contribution in [0.3, 0.4) is 0 Å². The predicted octanol–water partition coefficient (Wildman–Crippen LogP) is 3.38. The van der Waals surface area contributed by atoms with Crippen molar-refractivity contribution in [2.75, 3.05) is 13.2 Å². The van der Waals surface area contributed by atoms with Crippen LogP contribution < -0.4 is 0 Å². The lowest BCUT2D eigenvalue weighted by atomic mass is 9.65. The quantitative estimate of drug-likeness (QED) is 0.819. The zero-order chi connectivity index (χ0) is 12.3. The first-order valence-corrected chi connectivity index (χ1v) is 7.35. The van der Waals surface area contributed by atoms with E-state index < -0.39 is 0 Å². The van der Waals surface area contributed by atoms with Crippen molar-refractivity contribution in [3.63, 3.8) is 0 Å². The van der Waals surface area contributed by atoms with E-state index in [2.05, 4.69) is 13.8 Å². The molecule has 0 aromatic rings.